The minimum absolute atomic E-state index is 0.132. The first-order valence-corrected chi connectivity index (χ1v) is 5.13. The smallest absolute Gasteiger partial charge is 0.324 e. The first-order valence-electron chi connectivity index (χ1n) is 4.31. The summed E-state index contributed by atoms with van der Waals surface area (Å²) in [6.45, 7) is 1.91. The number of anilines is 1. The minimum atomic E-state index is -4.26. The molecule has 0 atom stereocenters. The van der Waals surface area contributed by atoms with Crippen LogP contribution in [0.25, 0.3) is 0 Å². The van der Waals surface area contributed by atoms with Gasteiger partial charge < -0.3 is 5.43 Å². The Labute approximate surface area is 90.0 Å². The van der Waals surface area contributed by atoms with Crippen molar-refractivity contribution in [3.05, 3.63) is 23.8 Å². The molecular formula is C9H11F3N2S. The van der Waals surface area contributed by atoms with Gasteiger partial charge in [-0.2, -0.15) is 13.2 Å². The molecule has 0 unspecified atom stereocenters. The number of hydrogen-bond donors (Lipinski definition) is 2. The van der Waals surface area contributed by atoms with Gasteiger partial charge in [0, 0.05) is 4.90 Å². The number of nitrogens with two attached hydrogens (primary N) is 1. The number of thioether (sulfide) groups is 1. The van der Waals surface area contributed by atoms with Crippen LogP contribution >= 0.6 is 11.8 Å². The summed E-state index contributed by atoms with van der Waals surface area (Å²) < 4.78 is 36.2. The number of aryl methyl sites for hydroxylation is 1. The average Bonchev–Trinajstić information content (AvgIpc) is 2.15. The highest BCUT2D eigenvalue weighted by Crippen LogP contribution is 2.38. The normalized spacial score (nSPS) is 11.5. The van der Waals surface area contributed by atoms with E-state index in [9.17, 15) is 13.2 Å². The van der Waals surface area contributed by atoms with Gasteiger partial charge in [-0.15, -0.1) is 0 Å². The van der Waals surface area contributed by atoms with E-state index in [2.05, 4.69) is 5.43 Å². The van der Waals surface area contributed by atoms with E-state index in [0.29, 0.717) is 5.69 Å². The summed E-state index contributed by atoms with van der Waals surface area (Å²) in [6.07, 6.45) is 0.719. The molecule has 0 saturated carbocycles. The number of hydrazine groups is 1. The summed E-state index contributed by atoms with van der Waals surface area (Å²) in [5.41, 5.74) is -0.446. The molecule has 0 radical (unpaired) electrons. The molecule has 3 N–H and O–H groups in total. The zero-order chi connectivity index (χ0) is 11.5. The standard InChI is InChI=1S/C9H11F3N2S/c1-2-6-3-4-7(5-8(6)14-13)15-9(10,11)12/h3-5,14H,2,13H2,1H3. The number of nitrogens with one attached hydrogen (secondary N) is 1. The van der Waals surface area contributed by atoms with Gasteiger partial charge in [0.1, 0.15) is 0 Å². The second kappa shape index (κ2) is 4.76. The van der Waals surface area contributed by atoms with Crippen LogP contribution in [0.1, 0.15) is 12.5 Å². The lowest BCUT2D eigenvalue weighted by atomic mass is 10.1. The molecule has 0 aliphatic rings. The first kappa shape index (κ1) is 12.2. The maximum Gasteiger partial charge on any atom is 0.446 e. The van der Waals surface area contributed by atoms with Gasteiger partial charge >= 0.3 is 5.51 Å². The van der Waals surface area contributed by atoms with E-state index in [4.69, 9.17) is 5.84 Å². The van der Waals surface area contributed by atoms with E-state index in [1.165, 1.54) is 12.1 Å². The van der Waals surface area contributed by atoms with Gasteiger partial charge in [-0.05, 0) is 35.9 Å². The van der Waals surface area contributed by atoms with Gasteiger partial charge in [0.25, 0.3) is 0 Å². The van der Waals surface area contributed by atoms with Crippen molar-refractivity contribution in [3.8, 4) is 0 Å². The second-order valence-corrected chi connectivity index (χ2v) is 4.00. The van der Waals surface area contributed by atoms with Crippen molar-refractivity contribution in [2.75, 3.05) is 5.43 Å². The molecule has 0 saturated heterocycles. The fraction of sp³-hybridized carbons (Fsp3) is 0.333. The second-order valence-electron chi connectivity index (χ2n) is 2.86. The molecule has 0 bridgehead atoms. The monoisotopic (exact) mass is 236 g/mol. The summed E-state index contributed by atoms with van der Waals surface area (Å²) in [6, 6.07) is 4.48. The van der Waals surface area contributed by atoms with Crippen molar-refractivity contribution in [2.45, 2.75) is 23.7 Å². The third kappa shape index (κ3) is 3.64. The van der Waals surface area contributed by atoms with Crippen molar-refractivity contribution >= 4 is 17.4 Å². The maximum absolute atomic E-state index is 12.1. The summed E-state index contributed by atoms with van der Waals surface area (Å²) in [5, 5.41) is 0. The van der Waals surface area contributed by atoms with E-state index < -0.39 is 5.51 Å². The van der Waals surface area contributed by atoms with Gasteiger partial charge in [-0.3, -0.25) is 5.84 Å². The van der Waals surface area contributed by atoms with Gasteiger partial charge in [-0.1, -0.05) is 13.0 Å². The number of rotatable bonds is 3. The molecule has 15 heavy (non-hydrogen) atoms. The molecule has 0 aromatic heterocycles. The van der Waals surface area contributed by atoms with Gasteiger partial charge in [-0.25, -0.2) is 0 Å². The summed E-state index contributed by atoms with van der Waals surface area (Å²) in [7, 11) is 0. The fourth-order valence-electron chi connectivity index (χ4n) is 1.20. The van der Waals surface area contributed by atoms with Crippen LogP contribution in [-0.2, 0) is 6.42 Å². The lowest BCUT2D eigenvalue weighted by Gasteiger charge is -2.10. The minimum Gasteiger partial charge on any atom is -0.324 e. The Bertz CT molecular complexity index is 339. The molecule has 0 amide bonds. The van der Waals surface area contributed by atoms with Gasteiger partial charge in [0.05, 0.1) is 5.69 Å². The van der Waals surface area contributed by atoms with E-state index in [0.717, 1.165) is 12.0 Å². The van der Waals surface area contributed by atoms with Crippen LogP contribution in [0.15, 0.2) is 23.1 Å². The van der Waals surface area contributed by atoms with Crippen molar-refractivity contribution in [1.82, 2.24) is 0 Å². The first-order chi connectivity index (χ1) is 6.96. The van der Waals surface area contributed by atoms with Crippen LogP contribution in [0.4, 0.5) is 18.9 Å². The lowest BCUT2D eigenvalue weighted by Crippen LogP contribution is -2.09. The molecule has 0 heterocycles. The van der Waals surface area contributed by atoms with Gasteiger partial charge in [0.15, 0.2) is 0 Å². The van der Waals surface area contributed by atoms with Crippen molar-refractivity contribution in [2.24, 2.45) is 5.84 Å². The van der Waals surface area contributed by atoms with Crippen molar-refractivity contribution < 1.29 is 13.2 Å². The molecule has 84 valence electrons. The Kier molecular flexibility index (Phi) is 3.87. The molecule has 1 aromatic carbocycles. The van der Waals surface area contributed by atoms with Crippen LogP contribution in [0.2, 0.25) is 0 Å². The number of hydrogen-bond acceptors (Lipinski definition) is 3. The highest BCUT2D eigenvalue weighted by Gasteiger charge is 2.29. The molecule has 0 aliphatic heterocycles. The van der Waals surface area contributed by atoms with Gasteiger partial charge in [0.2, 0.25) is 0 Å². The summed E-state index contributed by atoms with van der Waals surface area (Å²) >= 11 is -0.146. The molecule has 0 aliphatic carbocycles. The average molecular weight is 236 g/mol. The highest BCUT2D eigenvalue weighted by molar-refractivity contribution is 8.00. The predicted molar refractivity (Wildman–Crippen MR) is 55.5 cm³/mol. The topological polar surface area (TPSA) is 38.0 Å². The highest BCUT2D eigenvalue weighted by atomic mass is 32.2. The SMILES string of the molecule is CCc1ccc(SC(F)(F)F)cc1NN. The maximum atomic E-state index is 12.1. The van der Waals surface area contributed by atoms with Crippen LogP contribution in [0.3, 0.4) is 0 Å². The number of alkyl halides is 3. The number of halogens is 3. The van der Waals surface area contributed by atoms with E-state index in [1.807, 2.05) is 6.92 Å². The molecule has 1 aromatic rings. The Balaban J connectivity index is 2.93. The largest absolute Gasteiger partial charge is 0.446 e. The molecule has 1 rings (SSSR count). The fourth-order valence-corrected chi connectivity index (χ4v) is 1.78. The Morgan fingerprint density at radius 1 is 1.40 bits per heavy atom. The van der Waals surface area contributed by atoms with Crippen LogP contribution < -0.4 is 11.3 Å². The molecule has 0 spiro atoms. The molecule has 6 heteroatoms. The zero-order valence-corrected chi connectivity index (χ0v) is 8.88. The quantitative estimate of drug-likeness (QED) is 0.481. The Hall–Kier alpha value is -0.880. The molecule has 2 nitrogen and oxygen atoms in total. The lowest BCUT2D eigenvalue weighted by molar-refractivity contribution is -0.0328. The van der Waals surface area contributed by atoms with E-state index in [1.54, 1.807) is 6.07 Å². The Morgan fingerprint density at radius 3 is 2.53 bits per heavy atom. The molecule has 0 fully saturated rings. The van der Waals surface area contributed by atoms with Crippen molar-refractivity contribution in [3.63, 3.8) is 0 Å². The van der Waals surface area contributed by atoms with Crippen LogP contribution in [-0.4, -0.2) is 5.51 Å². The number of nitrogen functional groups attached to an aromatic ring is 1. The third-order valence-corrected chi connectivity index (χ3v) is 2.57. The van der Waals surface area contributed by atoms with Crippen molar-refractivity contribution in [1.29, 1.82) is 0 Å². The van der Waals surface area contributed by atoms with Crippen LogP contribution in [0.5, 0.6) is 0 Å². The zero-order valence-electron chi connectivity index (χ0n) is 8.06. The number of benzene rings is 1. The summed E-state index contributed by atoms with van der Waals surface area (Å²) in [5.74, 6) is 5.22. The summed E-state index contributed by atoms with van der Waals surface area (Å²) in [4.78, 5) is 0.132. The molecular weight excluding hydrogens is 225 g/mol. The third-order valence-electron chi connectivity index (χ3n) is 1.85. The Morgan fingerprint density at radius 2 is 2.07 bits per heavy atom. The van der Waals surface area contributed by atoms with E-state index in [-0.39, 0.29) is 16.7 Å². The van der Waals surface area contributed by atoms with E-state index >= 15 is 0 Å². The predicted octanol–water partition coefficient (Wildman–Crippen LogP) is 3.15. The van der Waals surface area contributed by atoms with Crippen LogP contribution in [0, 0.1) is 0 Å².